The molecule has 0 aromatic rings. The van der Waals surface area contributed by atoms with Crippen LogP contribution in [-0.4, -0.2) is 42.9 Å². The SMILES string of the molecule is CCCC(CNC(=O)NCCC1CCCCO1)C(=O)O. The number of carbonyl (C=O) groups is 2. The topological polar surface area (TPSA) is 87.7 Å². The second-order valence-corrected chi connectivity index (χ2v) is 5.24. The summed E-state index contributed by atoms with van der Waals surface area (Å²) in [5.74, 6) is -1.37. The predicted octanol–water partition coefficient (Wildman–Crippen LogP) is 1.75. The molecule has 0 bridgehead atoms. The normalized spacial score (nSPS) is 20.1. The Hall–Kier alpha value is -1.30. The van der Waals surface area contributed by atoms with Crippen LogP contribution in [0.5, 0.6) is 0 Å². The van der Waals surface area contributed by atoms with E-state index in [0.29, 0.717) is 13.0 Å². The summed E-state index contributed by atoms with van der Waals surface area (Å²) in [6, 6.07) is -0.303. The van der Waals surface area contributed by atoms with E-state index in [9.17, 15) is 9.59 Å². The molecule has 0 radical (unpaired) electrons. The summed E-state index contributed by atoms with van der Waals surface area (Å²) >= 11 is 0. The fourth-order valence-electron chi connectivity index (χ4n) is 2.32. The van der Waals surface area contributed by atoms with Gasteiger partial charge in [-0.05, 0) is 32.1 Å². The molecule has 0 aromatic carbocycles. The molecular weight excluding hydrogens is 260 g/mol. The molecule has 1 fully saturated rings. The summed E-state index contributed by atoms with van der Waals surface area (Å²) in [5, 5.41) is 14.3. The highest BCUT2D eigenvalue weighted by molar-refractivity contribution is 5.75. The lowest BCUT2D eigenvalue weighted by Crippen LogP contribution is -2.41. The standard InChI is InChI=1S/C14H26N2O4/c1-2-5-11(13(17)18)10-16-14(19)15-8-7-12-6-3-4-9-20-12/h11-12H,2-10H2,1H3,(H,17,18)(H2,15,16,19). The number of hydrogen-bond acceptors (Lipinski definition) is 3. The average molecular weight is 286 g/mol. The molecule has 1 rings (SSSR count). The van der Waals surface area contributed by atoms with Gasteiger partial charge in [0.2, 0.25) is 0 Å². The summed E-state index contributed by atoms with van der Waals surface area (Å²) in [6.45, 7) is 3.48. The van der Waals surface area contributed by atoms with Crippen LogP contribution >= 0.6 is 0 Å². The lowest BCUT2D eigenvalue weighted by Gasteiger charge is -2.22. The Morgan fingerprint density at radius 3 is 2.75 bits per heavy atom. The monoisotopic (exact) mass is 286 g/mol. The number of urea groups is 1. The van der Waals surface area contributed by atoms with Crippen molar-refractivity contribution in [3.05, 3.63) is 0 Å². The molecule has 2 atom stereocenters. The minimum Gasteiger partial charge on any atom is -0.481 e. The van der Waals surface area contributed by atoms with Crippen molar-refractivity contribution in [3.63, 3.8) is 0 Å². The van der Waals surface area contributed by atoms with Crippen LogP contribution in [0.4, 0.5) is 4.79 Å². The van der Waals surface area contributed by atoms with E-state index in [1.165, 1.54) is 6.42 Å². The Bertz CT molecular complexity index is 304. The van der Waals surface area contributed by atoms with E-state index in [4.69, 9.17) is 9.84 Å². The van der Waals surface area contributed by atoms with Crippen molar-refractivity contribution in [2.24, 2.45) is 5.92 Å². The van der Waals surface area contributed by atoms with Crippen molar-refractivity contribution >= 4 is 12.0 Å². The van der Waals surface area contributed by atoms with E-state index in [-0.39, 0.29) is 18.7 Å². The molecule has 1 saturated heterocycles. The second kappa shape index (κ2) is 9.58. The Labute approximate surface area is 120 Å². The van der Waals surface area contributed by atoms with Gasteiger partial charge in [-0.15, -0.1) is 0 Å². The third-order valence-corrected chi connectivity index (χ3v) is 3.52. The number of carboxylic acids is 1. The Balaban J connectivity index is 2.11. The van der Waals surface area contributed by atoms with Crippen LogP contribution in [0.1, 0.15) is 45.4 Å². The average Bonchev–Trinajstić information content (AvgIpc) is 2.44. The summed E-state index contributed by atoms with van der Waals surface area (Å²) < 4.78 is 5.57. The molecule has 0 aromatic heterocycles. The van der Waals surface area contributed by atoms with Crippen molar-refractivity contribution < 1.29 is 19.4 Å². The van der Waals surface area contributed by atoms with E-state index in [1.807, 2.05) is 6.92 Å². The Kier molecular flexibility index (Phi) is 8.02. The maximum absolute atomic E-state index is 11.6. The molecule has 1 aliphatic heterocycles. The number of nitrogens with one attached hydrogen (secondary N) is 2. The van der Waals surface area contributed by atoms with Gasteiger partial charge in [0.1, 0.15) is 0 Å². The van der Waals surface area contributed by atoms with E-state index in [2.05, 4.69) is 10.6 Å². The zero-order chi connectivity index (χ0) is 14.8. The molecule has 1 heterocycles. The first-order valence-corrected chi connectivity index (χ1v) is 7.49. The maximum atomic E-state index is 11.6. The fourth-order valence-corrected chi connectivity index (χ4v) is 2.32. The highest BCUT2D eigenvalue weighted by atomic mass is 16.5. The smallest absolute Gasteiger partial charge is 0.314 e. The minimum absolute atomic E-state index is 0.176. The van der Waals surface area contributed by atoms with E-state index in [0.717, 1.165) is 32.3 Å². The maximum Gasteiger partial charge on any atom is 0.314 e. The van der Waals surface area contributed by atoms with Gasteiger partial charge in [0.05, 0.1) is 12.0 Å². The van der Waals surface area contributed by atoms with Gasteiger partial charge in [-0.1, -0.05) is 13.3 Å². The first-order valence-electron chi connectivity index (χ1n) is 7.49. The lowest BCUT2D eigenvalue weighted by atomic mass is 10.0. The summed E-state index contributed by atoms with van der Waals surface area (Å²) in [7, 11) is 0. The largest absolute Gasteiger partial charge is 0.481 e. The molecule has 0 aliphatic carbocycles. The Morgan fingerprint density at radius 1 is 1.35 bits per heavy atom. The van der Waals surface area contributed by atoms with Crippen LogP contribution in [0.3, 0.4) is 0 Å². The number of ether oxygens (including phenoxy) is 1. The summed E-state index contributed by atoms with van der Waals surface area (Å²) in [5.41, 5.74) is 0. The number of hydrogen-bond donors (Lipinski definition) is 3. The molecule has 116 valence electrons. The first-order chi connectivity index (χ1) is 9.63. The fraction of sp³-hybridized carbons (Fsp3) is 0.857. The zero-order valence-electron chi connectivity index (χ0n) is 12.2. The van der Waals surface area contributed by atoms with E-state index < -0.39 is 11.9 Å². The Morgan fingerprint density at radius 2 is 2.15 bits per heavy atom. The molecule has 6 heteroatoms. The third kappa shape index (κ3) is 6.75. The van der Waals surface area contributed by atoms with Gasteiger partial charge in [-0.3, -0.25) is 4.79 Å². The van der Waals surface area contributed by atoms with Crippen LogP contribution in [0.2, 0.25) is 0 Å². The number of rotatable bonds is 8. The summed E-state index contributed by atoms with van der Waals surface area (Å²) in [6.07, 6.45) is 5.79. The van der Waals surface area contributed by atoms with Gasteiger partial charge in [0, 0.05) is 19.7 Å². The number of carbonyl (C=O) groups excluding carboxylic acids is 1. The molecule has 3 N–H and O–H groups in total. The summed E-state index contributed by atoms with van der Waals surface area (Å²) in [4.78, 5) is 22.5. The third-order valence-electron chi connectivity index (χ3n) is 3.52. The predicted molar refractivity (Wildman–Crippen MR) is 75.6 cm³/mol. The van der Waals surface area contributed by atoms with Gasteiger partial charge in [-0.2, -0.15) is 0 Å². The van der Waals surface area contributed by atoms with Crippen molar-refractivity contribution in [1.29, 1.82) is 0 Å². The van der Waals surface area contributed by atoms with Crippen LogP contribution in [0, 0.1) is 5.92 Å². The van der Waals surface area contributed by atoms with E-state index in [1.54, 1.807) is 0 Å². The molecular formula is C14H26N2O4. The lowest BCUT2D eigenvalue weighted by molar-refractivity contribution is -0.141. The van der Waals surface area contributed by atoms with Crippen LogP contribution in [0.25, 0.3) is 0 Å². The highest BCUT2D eigenvalue weighted by Crippen LogP contribution is 2.14. The number of aliphatic carboxylic acids is 1. The number of carboxylic acid groups (broad SMARTS) is 1. The molecule has 1 aliphatic rings. The van der Waals surface area contributed by atoms with Gasteiger partial charge in [0.25, 0.3) is 0 Å². The van der Waals surface area contributed by atoms with Gasteiger partial charge in [-0.25, -0.2) is 4.79 Å². The van der Waals surface area contributed by atoms with Crippen LogP contribution < -0.4 is 10.6 Å². The molecule has 2 amide bonds. The molecule has 20 heavy (non-hydrogen) atoms. The molecule has 0 saturated carbocycles. The quantitative estimate of drug-likeness (QED) is 0.634. The van der Waals surface area contributed by atoms with E-state index >= 15 is 0 Å². The van der Waals surface area contributed by atoms with Crippen molar-refractivity contribution in [2.75, 3.05) is 19.7 Å². The van der Waals surface area contributed by atoms with Crippen molar-refractivity contribution in [1.82, 2.24) is 10.6 Å². The van der Waals surface area contributed by atoms with Crippen molar-refractivity contribution in [2.45, 2.75) is 51.6 Å². The van der Waals surface area contributed by atoms with Gasteiger partial charge >= 0.3 is 12.0 Å². The minimum atomic E-state index is -0.859. The molecule has 6 nitrogen and oxygen atoms in total. The van der Waals surface area contributed by atoms with Crippen LogP contribution in [0.15, 0.2) is 0 Å². The van der Waals surface area contributed by atoms with Crippen molar-refractivity contribution in [3.8, 4) is 0 Å². The second-order valence-electron chi connectivity index (χ2n) is 5.24. The van der Waals surface area contributed by atoms with Gasteiger partial charge in [0.15, 0.2) is 0 Å². The highest BCUT2D eigenvalue weighted by Gasteiger charge is 2.17. The zero-order valence-corrected chi connectivity index (χ0v) is 12.2. The number of amides is 2. The molecule has 2 unspecified atom stereocenters. The van der Waals surface area contributed by atoms with Crippen LogP contribution in [-0.2, 0) is 9.53 Å². The first kappa shape index (κ1) is 16.8. The van der Waals surface area contributed by atoms with Gasteiger partial charge < -0.3 is 20.5 Å². The molecule has 0 spiro atoms.